The molecule has 1 amide bonds. The summed E-state index contributed by atoms with van der Waals surface area (Å²) in [6.07, 6.45) is 1.18. The Balaban J connectivity index is 1.65. The highest BCUT2D eigenvalue weighted by atomic mass is 32.2. The number of hydrogen-bond acceptors (Lipinski definition) is 5. The van der Waals surface area contributed by atoms with Crippen molar-refractivity contribution in [2.75, 3.05) is 13.1 Å². The van der Waals surface area contributed by atoms with Gasteiger partial charge in [0.2, 0.25) is 0 Å². The van der Waals surface area contributed by atoms with Gasteiger partial charge in [0.15, 0.2) is 5.76 Å². The predicted molar refractivity (Wildman–Crippen MR) is 111 cm³/mol. The van der Waals surface area contributed by atoms with Gasteiger partial charge in [0, 0.05) is 40.9 Å². The lowest BCUT2D eigenvalue weighted by atomic mass is 9.91. The monoisotopic (exact) mass is 400 g/mol. The van der Waals surface area contributed by atoms with Gasteiger partial charge in [-0.1, -0.05) is 43.8 Å². The van der Waals surface area contributed by atoms with Crippen LogP contribution >= 0.6 is 23.1 Å². The number of benzene rings is 1. The Morgan fingerprint density at radius 3 is 2.74 bits per heavy atom. The molecule has 1 aliphatic heterocycles. The molecule has 0 bridgehead atoms. The molecule has 2 unspecified atom stereocenters. The summed E-state index contributed by atoms with van der Waals surface area (Å²) in [5.74, 6) is 2.26. The van der Waals surface area contributed by atoms with Crippen molar-refractivity contribution in [3.63, 3.8) is 0 Å². The Bertz CT molecular complexity index is 952. The van der Waals surface area contributed by atoms with Gasteiger partial charge in [-0.25, -0.2) is 4.98 Å². The average molecular weight is 401 g/mol. The van der Waals surface area contributed by atoms with Gasteiger partial charge in [0.1, 0.15) is 9.92 Å². The fourth-order valence-electron chi connectivity index (χ4n) is 3.92. The number of carbonyl (C=O) groups excluding carboxylic acids is 1. The minimum absolute atomic E-state index is 0.0236. The maximum Gasteiger partial charge on any atom is 0.289 e. The van der Waals surface area contributed by atoms with E-state index in [9.17, 15) is 4.79 Å². The van der Waals surface area contributed by atoms with Crippen molar-refractivity contribution in [1.29, 1.82) is 0 Å². The van der Waals surface area contributed by atoms with Crippen LogP contribution in [0.1, 0.15) is 42.1 Å². The molecule has 3 heterocycles. The number of aryl methyl sites for hydroxylation is 1. The number of thioether (sulfide) groups is 1. The zero-order valence-corrected chi connectivity index (χ0v) is 17.5. The summed E-state index contributed by atoms with van der Waals surface area (Å²) in [4.78, 5) is 19.8. The van der Waals surface area contributed by atoms with Crippen molar-refractivity contribution >= 4 is 40.0 Å². The van der Waals surface area contributed by atoms with Gasteiger partial charge in [0.05, 0.1) is 0 Å². The van der Waals surface area contributed by atoms with E-state index in [1.165, 1.54) is 6.42 Å². The molecule has 2 aromatic heterocycles. The predicted octanol–water partition coefficient (Wildman–Crippen LogP) is 5.61. The Kier molecular flexibility index (Phi) is 5.28. The van der Waals surface area contributed by atoms with Crippen molar-refractivity contribution in [2.45, 2.75) is 37.3 Å². The fraction of sp³-hybridized carbons (Fsp3) is 0.429. The summed E-state index contributed by atoms with van der Waals surface area (Å²) in [6.45, 7) is 8.05. The summed E-state index contributed by atoms with van der Waals surface area (Å²) >= 11 is 3.32. The highest BCUT2D eigenvalue weighted by Crippen LogP contribution is 2.34. The van der Waals surface area contributed by atoms with Crippen LogP contribution in [-0.2, 0) is 5.75 Å². The second kappa shape index (κ2) is 7.68. The van der Waals surface area contributed by atoms with Crippen LogP contribution in [0.25, 0.3) is 11.0 Å². The highest BCUT2D eigenvalue weighted by molar-refractivity contribution is 8.00. The quantitative estimate of drug-likeness (QED) is 0.534. The second-order valence-electron chi connectivity index (χ2n) is 7.61. The van der Waals surface area contributed by atoms with Crippen molar-refractivity contribution in [1.82, 2.24) is 9.88 Å². The molecule has 142 valence electrons. The zero-order valence-electron chi connectivity index (χ0n) is 15.9. The number of amides is 1. The number of hydrogen-bond donors (Lipinski definition) is 0. The number of fused-ring (bicyclic) bond motifs is 1. The van der Waals surface area contributed by atoms with E-state index in [1.54, 1.807) is 23.1 Å². The van der Waals surface area contributed by atoms with Crippen LogP contribution in [0.5, 0.6) is 0 Å². The van der Waals surface area contributed by atoms with Crippen LogP contribution in [0.4, 0.5) is 0 Å². The van der Waals surface area contributed by atoms with Crippen LogP contribution in [0.2, 0.25) is 0 Å². The minimum Gasteiger partial charge on any atom is -0.451 e. The van der Waals surface area contributed by atoms with Gasteiger partial charge in [-0.15, -0.1) is 11.3 Å². The zero-order chi connectivity index (χ0) is 19.0. The van der Waals surface area contributed by atoms with E-state index < -0.39 is 0 Å². The molecule has 0 aliphatic carbocycles. The summed E-state index contributed by atoms with van der Waals surface area (Å²) < 4.78 is 7.08. The van der Waals surface area contributed by atoms with Crippen LogP contribution in [-0.4, -0.2) is 28.9 Å². The second-order valence-corrected chi connectivity index (χ2v) is 9.69. The Labute approximate surface area is 168 Å². The van der Waals surface area contributed by atoms with E-state index in [0.29, 0.717) is 23.3 Å². The van der Waals surface area contributed by atoms with Gasteiger partial charge in [-0.05, 0) is 31.2 Å². The number of para-hydroxylation sites is 1. The third-order valence-corrected chi connectivity index (χ3v) is 7.15. The van der Waals surface area contributed by atoms with Crippen molar-refractivity contribution < 1.29 is 9.21 Å². The summed E-state index contributed by atoms with van der Waals surface area (Å²) in [6, 6.07) is 7.93. The number of carbonyl (C=O) groups is 1. The largest absolute Gasteiger partial charge is 0.451 e. The summed E-state index contributed by atoms with van der Waals surface area (Å²) in [5.41, 5.74) is 2.80. The lowest BCUT2D eigenvalue weighted by molar-refractivity contribution is 0.0592. The number of aromatic nitrogens is 1. The first kappa shape index (κ1) is 18.6. The number of furan rings is 1. The number of piperidine rings is 1. The third kappa shape index (κ3) is 3.92. The molecule has 4 nitrogen and oxygen atoms in total. The van der Waals surface area contributed by atoms with Gasteiger partial charge >= 0.3 is 0 Å². The molecule has 0 spiro atoms. The molecule has 1 aliphatic rings. The van der Waals surface area contributed by atoms with E-state index in [0.717, 1.165) is 39.7 Å². The maximum atomic E-state index is 13.3. The molecule has 0 radical (unpaired) electrons. The average Bonchev–Trinajstić information content (AvgIpc) is 3.21. The number of likely N-dealkylation sites (tertiary alicyclic amines) is 1. The smallest absolute Gasteiger partial charge is 0.289 e. The number of rotatable bonds is 4. The van der Waals surface area contributed by atoms with Crippen molar-refractivity contribution in [3.8, 4) is 0 Å². The van der Waals surface area contributed by atoms with E-state index in [2.05, 4.69) is 24.2 Å². The van der Waals surface area contributed by atoms with Gasteiger partial charge in [-0.3, -0.25) is 4.79 Å². The van der Waals surface area contributed by atoms with Gasteiger partial charge < -0.3 is 9.32 Å². The molecule has 2 atom stereocenters. The third-order valence-electron chi connectivity index (χ3n) is 4.99. The highest BCUT2D eigenvalue weighted by Gasteiger charge is 2.30. The Morgan fingerprint density at radius 1 is 1.30 bits per heavy atom. The maximum absolute atomic E-state index is 13.3. The standard InChI is InChI=1S/C21H24N2O2S2/c1-13-8-14(2)10-23(9-13)20(24)19-17(12-27-21-22-15(3)11-26-21)16-6-4-5-7-18(16)25-19/h4-7,11,13-14H,8-10,12H2,1-3H3. The molecule has 27 heavy (non-hydrogen) atoms. The Morgan fingerprint density at radius 2 is 2.04 bits per heavy atom. The van der Waals surface area contributed by atoms with Crippen LogP contribution in [0.3, 0.4) is 0 Å². The number of nitrogens with zero attached hydrogens (tertiary/aromatic N) is 2. The first-order valence-corrected chi connectivity index (χ1v) is 11.2. The molecule has 1 aromatic carbocycles. The fourth-order valence-corrected chi connectivity index (χ4v) is 5.80. The number of thiazole rings is 1. The minimum atomic E-state index is 0.0236. The lowest BCUT2D eigenvalue weighted by Crippen LogP contribution is -2.42. The van der Waals surface area contributed by atoms with E-state index >= 15 is 0 Å². The summed E-state index contributed by atoms with van der Waals surface area (Å²) in [7, 11) is 0. The SMILES string of the molecule is Cc1csc(SCc2c(C(=O)N3CC(C)CC(C)C3)oc3ccccc23)n1. The van der Waals surface area contributed by atoms with Gasteiger partial charge in [0.25, 0.3) is 5.91 Å². The normalized spacial score (nSPS) is 20.3. The van der Waals surface area contributed by atoms with Crippen molar-refractivity contribution in [3.05, 3.63) is 46.7 Å². The molecular weight excluding hydrogens is 376 g/mol. The topological polar surface area (TPSA) is 46.3 Å². The van der Waals surface area contributed by atoms with E-state index in [-0.39, 0.29) is 5.91 Å². The van der Waals surface area contributed by atoms with Crippen molar-refractivity contribution in [2.24, 2.45) is 11.8 Å². The molecule has 0 N–H and O–H groups in total. The van der Waals surface area contributed by atoms with Gasteiger partial charge in [-0.2, -0.15) is 0 Å². The Hall–Kier alpha value is -1.79. The van der Waals surface area contributed by atoms with E-state index in [1.807, 2.05) is 36.1 Å². The molecule has 4 rings (SSSR count). The summed E-state index contributed by atoms with van der Waals surface area (Å²) in [5, 5.41) is 3.08. The van der Waals surface area contributed by atoms with Crippen LogP contribution in [0, 0.1) is 18.8 Å². The molecule has 6 heteroatoms. The molecule has 1 saturated heterocycles. The molecule has 1 fully saturated rings. The molecular formula is C21H24N2O2S2. The lowest BCUT2D eigenvalue weighted by Gasteiger charge is -2.34. The molecule has 0 saturated carbocycles. The van der Waals surface area contributed by atoms with Crippen LogP contribution < -0.4 is 0 Å². The first-order valence-electron chi connectivity index (χ1n) is 9.36. The van der Waals surface area contributed by atoms with Crippen LogP contribution in [0.15, 0.2) is 38.4 Å². The molecule has 3 aromatic rings. The van der Waals surface area contributed by atoms with E-state index in [4.69, 9.17) is 4.42 Å². The first-order chi connectivity index (χ1) is 13.0.